The van der Waals surface area contributed by atoms with Gasteiger partial charge in [0.25, 0.3) is 0 Å². The zero-order valence-corrected chi connectivity index (χ0v) is 13.2. The lowest BCUT2D eigenvalue weighted by atomic mass is 10.1. The lowest BCUT2D eigenvalue weighted by Crippen LogP contribution is -1.96. The van der Waals surface area contributed by atoms with Gasteiger partial charge in [-0.15, -0.1) is 5.10 Å². The van der Waals surface area contributed by atoms with E-state index in [0.717, 1.165) is 16.7 Å². The number of benzene rings is 2. The summed E-state index contributed by atoms with van der Waals surface area (Å²) in [6.07, 6.45) is 1.16. The average molecular weight is 334 g/mol. The summed E-state index contributed by atoms with van der Waals surface area (Å²) >= 11 is 1.17. The maximum atomic E-state index is 13.4. The molecule has 3 rings (SSSR count). The third-order valence-corrected chi connectivity index (χ3v) is 5.03. The number of rotatable bonds is 3. The first-order chi connectivity index (χ1) is 10.4. The third-order valence-electron chi connectivity index (χ3n) is 3.13. The molecule has 0 saturated heterocycles. The molecule has 0 amide bonds. The van der Waals surface area contributed by atoms with Gasteiger partial charge in [-0.1, -0.05) is 28.8 Å². The monoisotopic (exact) mass is 334 g/mol. The Bertz CT molecular complexity index is 919. The Hall–Kier alpha value is -2.12. The molecule has 22 heavy (non-hydrogen) atoms. The smallest absolute Gasteiger partial charge is 0.175 e. The Morgan fingerprint density at radius 1 is 1.05 bits per heavy atom. The van der Waals surface area contributed by atoms with Crippen LogP contribution in [0.3, 0.4) is 0 Å². The first-order valence-corrected chi connectivity index (χ1v) is 9.00. The predicted molar refractivity (Wildman–Crippen MR) is 83.8 cm³/mol. The van der Waals surface area contributed by atoms with E-state index in [1.807, 2.05) is 0 Å². The molecule has 0 aliphatic heterocycles. The van der Waals surface area contributed by atoms with Crippen LogP contribution in [0.1, 0.15) is 0 Å². The Kier molecular flexibility index (Phi) is 3.76. The molecule has 1 aromatic heterocycles. The van der Waals surface area contributed by atoms with Crippen LogP contribution in [-0.2, 0) is 9.84 Å². The topological polar surface area (TPSA) is 59.9 Å². The second-order valence-corrected chi connectivity index (χ2v) is 7.53. The highest BCUT2D eigenvalue weighted by molar-refractivity contribution is 7.90. The van der Waals surface area contributed by atoms with Gasteiger partial charge in [-0.3, -0.25) is 0 Å². The molecule has 112 valence electrons. The first kappa shape index (κ1) is 14.8. The van der Waals surface area contributed by atoms with E-state index in [9.17, 15) is 12.8 Å². The highest BCUT2D eigenvalue weighted by atomic mass is 32.2. The third kappa shape index (κ3) is 2.90. The van der Waals surface area contributed by atoms with Gasteiger partial charge in [0.15, 0.2) is 9.84 Å². The summed E-state index contributed by atoms with van der Waals surface area (Å²) in [6, 6.07) is 12.6. The summed E-state index contributed by atoms with van der Waals surface area (Å²) in [7, 11) is -3.24. The normalized spacial score (nSPS) is 11.5. The van der Waals surface area contributed by atoms with E-state index in [-0.39, 0.29) is 10.7 Å². The van der Waals surface area contributed by atoms with Crippen molar-refractivity contribution in [3.05, 3.63) is 54.3 Å². The molecule has 0 unspecified atom stereocenters. The molecule has 0 N–H and O–H groups in total. The predicted octanol–water partition coefficient (Wildman–Crippen LogP) is 3.41. The van der Waals surface area contributed by atoms with Crippen molar-refractivity contribution in [2.75, 3.05) is 6.26 Å². The highest BCUT2D eigenvalue weighted by Gasteiger charge is 2.14. The zero-order chi connectivity index (χ0) is 15.7. The van der Waals surface area contributed by atoms with Gasteiger partial charge in [-0.05, 0) is 41.4 Å². The van der Waals surface area contributed by atoms with Crippen molar-refractivity contribution < 1.29 is 12.8 Å². The molecule has 0 bridgehead atoms. The quantitative estimate of drug-likeness (QED) is 0.736. The van der Waals surface area contributed by atoms with Gasteiger partial charge in [-0.2, -0.15) is 0 Å². The molecule has 4 nitrogen and oxygen atoms in total. The molecular weight excluding hydrogens is 323 g/mol. The molecule has 2 aromatic carbocycles. The fourth-order valence-electron chi connectivity index (χ4n) is 2.06. The van der Waals surface area contributed by atoms with Crippen molar-refractivity contribution in [3.8, 4) is 21.7 Å². The van der Waals surface area contributed by atoms with E-state index in [0.29, 0.717) is 11.3 Å². The second kappa shape index (κ2) is 5.58. The first-order valence-electron chi connectivity index (χ1n) is 6.34. The Balaban J connectivity index is 2.06. The van der Waals surface area contributed by atoms with Crippen LogP contribution in [0.15, 0.2) is 53.4 Å². The summed E-state index contributed by atoms with van der Waals surface area (Å²) < 4.78 is 40.3. The van der Waals surface area contributed by atoms with Crippen molar-refractivity contribution >= 4 is 21.4 Å². The van der Waals surface area contributed by atoms with Gasteiger partial charge in [0.05, 0.1) is 9.77 Å². The molecule has 0 atom stereocenters. The maximum absolute atomic E-state index is 13.4. The van der Waals surface area contributed by atoms with Crippen LogP contribution < -0.4 is 0 Å². The van der Waals surface area contributed by atoms with Crippen LogP contribution in [-0.4, -0.2) is 24.3 Å². The van der Waals surface area contributed by atoms with E-state index < -0.39 is 9.84 Å². The molecule has 7 heteroatoms. The van der Waals surface area contributed by atoms with E-state index in [1.54, 1.807) is 24.3 Å². The minimum absolute atomic E-state index is 0.242. The van der Waals surface area contributed by atoms with Gasteiger partial charge in [0.1, 0.15) is 11.5 Å². The number of sulfone groups is 1. The van der Waals surface area contributed by atoms with Crippen LogP contribution in [0, 0.1) is 5.82 Å². The van der Waals surface area contributed by atoms with E-state index in [2.05, 4.69) is 9.59 Å². The largest absolute Gasteiger partial charge is 0.224 e. The molecule has 0 aliphatic carbocycles. The molecule has 1 heterocycles. The van der Waals surface area contributed by atoms with Gasteiger partial charge in [0, 0.05) is 11.8 Å². The van der Waals surface area contributed by atoms with Crippen molar-refractivity contribution in [2.45, 2.75) is 4.90 Å². The van der Waals surface area contributed by atoms with Crippen molar-refractivity contribution in [3.63, 3.8) is 0 Å². The molecule has 0 spiro atoms. The van der Waals surface area contributed by atoms with Gasteiger partial charge >= 0.3 is 0 Å². The van der Waals surface area contributed by atoms with E-state index >= 15 is 0 Å². The Morgan fingerprint density at radius 3 is 2.41 bits per heavy atom. The fraction of sp³-hybridized carbons (Fsp3) is 0.0667. The van der Waals surface area contributed by atoms with Crippen LogP contribution in [0.2, 0.25) is 0 Å². The molecule has 0 saturated carbocycles. The minimum atomic E-state index is -3.24. The van der Waals surface area contributed by atoms with Crippen LogP contribution in [0.25, 0.3) is 21.7 Å². The molecule has 3 aromatic rings. The highest BCUT2D eigenvalue weighted by Crippen LogP contribution is 2.33. The number of halogens is 1. The fourth-order valence-corrected chi connectivity index (χ4v) is 3.37. The number of hydrogen-bond acceptors (Lipinski definition) is 5. The van der Waals surface area contributed by atoms with Gasteiger partial charge < -0.3 is 0 Å². The van der Waals surface area contributed by atoms with Crippen LogP contribution in [0.4, 0.5) is 4.39 Å². The van der Waals surface area contributed by atoms with Crippen molar-refractivity contribution in [1.29, 1.82) is 0 Å². The molecule has 0 radical (unpaired) electrons. The number of nitrogens with zero attached hydrogens (tertiary/aromatic N) is 2. The van der Waals surface area contributed by atoms with Gasteiger partial charge in [0.2, 0.25) is 0 Å². The van der Waals surface area contributed by atoms with Crippen LogP contribution in [0.5, 0.6) is 0 Å². The summed E-state index contributed by atoms with van der Waals surface area (Å²) in [5.74, 6) is -0.329. The lowest BCUT2D eigenvalue weighted by Gasteiger charge is -2.03. The lowest BCUT2D eigenvalue weighted by molar-refractivity contribution is 0.602. The summed E-state index contributed by atoms with van der Waals surface area (Å²) in [6.45, 7) is 0. The SMILES string of the molecule is CS(=O)(=O)c1ccc(-c2nnsc2-c2cccc(F)c2)cc1. The van der Waals surface area contributed by atoms with Crippen LogP contribution >= 0.6 is 11.5 Å². The van der Waals surface area contributed by atoms with E-state index in [1.165, 1.54) is 35.8 Å². The van der Waals surface area contributed by atoms with Gasteiger partial charge in [-0.25, -0.2) is 12.8 Å². The van der Waals surface area contributed by atoms with Crippen molar-refractivity contribution in [1.82, 2.24) is 9.59 Å². The second-order valence-electron chi connectivity index (χ2n) is 4.76. The maximum Gasteiger partial charge on any atom is 0.175 e. The summed E-state index contributed by atoms with van der Waals surface area (Å²) in [4.78, 5) is 0.985. The van der Waals surface area contributed by atoms with Crippen molar-refractivity contribution in [2.24, 2.45) is 0 Å². The number of hydrogen-bond donors (Lipinski definition) is 0. The van der Waals surface area contributed by atoms with E-state index in [4.69, 9.17) is 0 Å². The average Bonchev–Trinajstić information content (AvgIpc) is 2.96. The Labute approximate surface area is 131 Å². The molecule has 0 fully saturated rings. The number of aromatic nitrogens is 2. The summed E-state index contributed by atoms with van der Waals surface area (Å²) in [5, 5.41) is 4.08. The molecular formula is C15H11FN2O2S2. The summed E-state index contributed by atoms with van der Waals surface area (Å²) in [5.41, 5.74) is 2.04. The molecule has 0 aliphatic rings. The zero-order valence-electron chi connectivity index (χ0n) is 11.5. The standard InChI is InChI=1S/C15H11FN2O2S2/c1-22(19,20)13-7-5-10(6-8-13)14-15(21-18-17-14)11-3-2-4-12(16)9-11/h2-9H,1H3. The Morgan fingerprint density at radius 2 is 1.77 bits per heavy atom. The minimum Gasteiger partial charge on any atom is -0.224 e.